The minimum absolute atomic E-state index is 0.523. The molecule has 1 aliphatic rings. The maximum absolute atomic E-state index is 3.77. The predicted molar refractivity (Wildman–Crippen MR) is 66.3 cm³/mol. The predicted octanol–water partition coefficient (Wildman–Crippen LogP) is 2.40. The Kier molecular flexibility index (Phi) is 3.78. The van der Waals surface area contributed by atoms with Gasteiger partial charge < -0.3 is 10.6 Å². The summed E-state index contributed by atoms with van der Waals surface area (Å²) in [5, 5.41) is 9.33. The van der Waals surface area contributed by atoms with Crippen molar-refractivity contribution in [3.63, 3.8) is 0 Å². The van der Waals surface area contributed by atoms with Crippen molar-refractivity contribution in [2.75, 3.05) is 13.1 Å². The van der Waals surface area contributed by atoms with Crippen LogP contribution in [0.2, 0.25) is 0 Å². The fourth-order valence-electron chi connectivity index (χ4n) is 2.12. The Morgan fingerprint density at radius 2 is 2.40 bits per heavy atom. The molecule has 15 heavy (non-hydrogen) atoms. The van der Waals surface area contributed by atoms with Crippen LogP contribution in [0, 0.1) is 5.92 Å². The Bertz CT molecular complexity index is 276. The molecule has 2 heterocycles. The lowest BCUT2D eigenvalue weighted by molar-refractivity contribution is 0.374. The average Bonchev–Trinajstić information content (AvgIpc) is 2.87. The van der Waals surface area contributed by atoms with Gasteiger partial charge in [0.15, 0.2) is 0 Å². The third kappa shape index (κ3) is 2.80. The number of hydrogen-bond donors (Lipinski definition) is 2. The number of nitrogens with one attached hydrogen (secondary N) is 2. The van der Waals surface area contributed by atoms with Gasteiger partial charge >= 0.3 is 0 Å². The molecule has 2 unspecified atom stereocenters. The van der Waals surface area contributed by atoms with Crippen LogP contribution in [-0.2, 0) is 0 Å². The summed E-state index contributed by atoms with van der Waals surface area (Å²) in [4.78, 5) is 1.47. The zero-order chi connectivity index (χ0) is 10.7. The van der Waals surface area contributed by atoms with E-state index in [1.807, 2.05) is 11.3 Å². The Hall–Kier alpha value is -0.380. The highest BCUT2D eigenvalue weighted by Crippen LogP contribution is 2.26. The molecule has 2 rings (SSSR count). The van der Waals surface area contributed by atoms with E-state index in [1.54, 1.807) is 0 Å². The number of rotatable bonds is 4. The maximum Gasteiger partial charge on any atom is 0.0440 e. The molecular weight excluding hydrogens is 204 g/mol. The molecule has 2 nitrogen and oxygen atoms in total. The average molecular weight is 224 g/mol. The summed E-state index contributed by atoms with van der Waals surface area (Å²) in [6.07, 6.45) is 1.26. The summed E-state index contributed by atoms with van der Waals surface area (Å²) < 4.78 is 0. The van der Waals surface area contributed by atoms with Crippen molar-refractivity contribution < 1.29 is 0 Å². The molecule has 1 aliphatic heterocycles. The molecule has 0 spiro atoms. The smallest absolute Gasteiger partial charge is 0.0440 e. The zero-order valence-electron chi connectivity index (χ0n) is 9.49. The van der Waals surface area contributed by atoms with Gasteiger partial charge in [-0.25, -0.2) is 0 Å². The van der Waals surface area contributed by atoms with Gasteiger partial charge in [-0.3, -0.25) is 0 Å². The fraction of sp³-hybridized carbons (Fsp3) is 0.667. The monoisotopic (exact) mass is 224 g/mol. The van der Waals surface area contributed by atoms with Gasteiger partial charge in [0.25, 0.3) is 0 Å². The van der Waals surface area contributed by atoms with E-state index in [2.05, 4.69) is 42.0 Å². The van der Waals surface area contributed by atoms with Crippen molar-refractivity contribution in [3.05, 3.63) is 22.4 Å². The van der Waals surface area contributed by atoms with E-state index in [0.29, 0.717) is 18.0 Å². The topological polar surface area (TPSA) is 24.1 Å². The summed E-state index contributed by atoms with van der Waals surface area (Å²) in [7, 11) is 0. The second kappa shape index (κ2) is 5.10. The first kappa shape index (κ1) is 11.1. The van der Waals surface area contributed by atoms with E-state index >= 15 is 0 Å². The molecule has 0 aliphatic carbocycles. The van der Waals surface area contributed by atoms with Gasteiger partial charge in [-0.1, -0.05) is 19.9 Å². The number of thiophene rings is 1. The normalized spacial score (nSPS) is 23.5. The molecule has 1 saturated heterocycles. The SMILES string of the molecule is CC(C)C(NC1CCNC1)c1cccs1. The third-order valence-corrected chi connectivity index (χ3v) is 3.95. The standard InChI is InChI=1S/C12H20N2S/c1-9(2)12(11-4-3-7-15-11)14-10-5-6-13-8-10/h3-4,7,9-10,12-14H,5-6,8H2,1-2H3. The van der Waals surface area contributed by atoms with E-state index in [4.69, 9.17) is 0 Å². The lowest BCUT2D eigenvalue weighted by Gasteiger charge is -2.25. The van der Waals surface area contributed by atoms with Crippen LogP contribution in [-0.4, -0.2) is 19.1 Å². The van der Waals surface area contributed by atoms with E-state index in [0.717, 1.165) is 13.1 Å². The first-order valence-corrected chi connectivity index (χ1v) is 6.65. The summed E-state index contributed by atoms with van der Waals surface area (Å²) in [5.74, 6) is 0.657. The van der Waals surface area contributed by atoms with E-state index < -0.39 is 0 Å². The van der Waals surface area contributed by atoms with Gasteiger partial charge in [0.05, 0.1) is 0 Å². The number of hydrogen-bond acceptors (Lipinski definition) is 3. The van der Waals surface area contributed by atoms with Gasteiger partial charge in [0.2, 0.25) is 0 Å². The maximum atomic E-state index is 3.77. The lowest BCUT2D eigenvalue weighted by atomic mass is 10.0. The molecule has 2 N–H and O–H groups in total. The van der Waals surface area contributed by atoms with Crippen LogP contribution in [0.25, 0.3) is 0 Å². The van der Waals surface area contributed by atoms with Crippen molar-refractivity contribution >= 4 is 11.3 Å². The minimum Gasteiger partial charge on any atom is -0.315 e. The lowest BCUT2D eigenvalue weighted by Crippen LogP contribution is -2.36. The van der Waals surface area contributed by atoms with Crippen molar-refractivity contribution in [2.45, 2.75) is 32.4 Å². The highest BCUT2D eigenvalue weighted by molar-refractivity contribution is 7.10. The molecule has 0 saturated carbocycles. The molecule has 0 aromatic carbocycles. The van der Waals surface area contributed by atoms with Gasteiger partial charge in [0, 0.05) is 23.5 Å². The van der Waals surface area contributed by atoms with Gasteiger partial charge in [-0.05, 0) is 30.3 Å². The molecular formula is C12H20N2S. The molecule has 0 bridgehead atoms. The molecule has 0 radical (unpaired) electrons. The molecule has 0 amide bonds. The van der Waals surface area contributed by atoms with Crippen molar-refractivity contribution in [1.82, 2.24) is 10.6 Å². The van der Waals surface area contributed by atoms with Gasteiger partial charge in [-0.2, -0.15) is 0 Å². The van der Waals surface area contributed by atoms with Gasteiger partial charge in [0.1, 0.15) is 0 Å². The van der Waals surface area contributed by atoms with Crippen molar-refractivity contribution in [1.29, 1.82) is 0 Å². The molecule has 1 aromatic heterocycles. The fourth-order valence-corrected chi connectivity index (χ4v) is 3.08. The second-order valence-corrected chi connectivity index (χ2v) is 5.57. The van der Waals surface area contributed by atoms with Gasteiger partial charge in [-0.15, -0.1) is 11.3 Å². The zero-order valence-corrected chi connectivity index (χ0v) is 10.3. The van der Waals surface area contributed by atoms with E-state index in [1.165, 1.54) is 11.3 Å². The van der Waals surface area contributed by atoms with E-state index in [9.17, 15) is 0 Å². The van der Waals surface area contributed by atoms with Crippen LogP contribution in [0.15, 0.2) is 17.5 Å². The van der Waals surface area contributed by atoms with Crippen LogP contribution in [0.1, 0.15) is 31.2 Å². The minimum atomic E-state index is 0.523. The molecule has 2 atom stereocenters. The Morgan fingerprint density at radius 1 is 1.53 bits per heavy atom. The van der Waals surface area contributed by atoms with E-state index in [-0.39, 0.29) is 0 Å². The first-order chi connectivity index (χ1) is 7.27. The Morgan fingerprint density at radius 3 is 2.93 bits per heavy atom. The Balaban J connectivity index is 2.00. The van der Waals surface area contributed by atoms with Crippen molar-refractivity contribution in [3.8, 4) is 0 Å². The largest absolute Gasteiger partial charge is 0.315 e. The summed E-state index contributed by atoms with van der Waals surface area (Å²) in [5.41, 5.74) is 0. The van der Waals surface area contributed by atoms with Crippen LogP contribution < -0.4 is 10.6 Å². The van der Waals surface area contributed by atoms with Crippen molar-refractivity contribution in [2.24, 2.45) is 5.92 Å². The molecule has 84 valence electrons. The van der Waals surface area contributed by atoms with Crippen LogP contribution in [0.4, 0.5) is 0 Å². The third-order valence-electron chi connectivity index (χ3n) is 2.99. The summed E-state index contributed by atoms with van der Waals surface area (Å²) in [6.45, 7) is 6.86. The summed E-state index contributed by atoms with van der Waals surface area (Å²) in [6, 6.07) is 5.56. The molecule has 1 fully saturated rings. The quantitative estimate of drug-likeness (QED) is 0.820. The highest BCUT2D eigenvalue weighted by atomic mass is 32.1. The molecule has 1 aromatic rings. The molecule has 3 heteroatoms. The summed E-state index contributed by atoms with van der Waals surface area (Å²) >= 11 is 1.86. The van der Waals surface area contributed by atoms with Crippen LogP contribution in [0.3, 0.4) is 0 Å². The van der Waals surface area contributed by atoms with Crippen LogP contribution in [0.5, 0.6) is 0 Å². The first-order valence-electron chi connectivity index (χ1n) is 5.77. The van der Waals surface area contributed by atoms with Crippen LogP contribution >= 0.6 is 11.3 Å². The Labute approximate surface area is 96.1 Å². The highest BCUT2D eigenvalue weighted by Gasteiger charge is 2.22. The second-order valence-electron chi connectivity index (χ2n) is 4.59.